The van der Waals surface area contributed by atoms with Crippen molar-refractivity contribution < 1.29 is 14.7 Å². The standard InChI is InChI=1S/C31H44N2O3/c1-18-16-32-33(17-18)25-9-13-30(4)22(19(25)2)8-12-31(5)23-7-11-29(3)10-6-20(28(35)36)14-24(29)21(23)15-26(34)27(30)31/h15-17,19-20,22-25,27H,6-14H2,1-5H3,(H,35,36). The highest BCUT2D eigenvalue weighted by Crippen LogP contribution is 2.70. The van der Waals surface area contributed by atoms with E-state index in [0.717, 1.165) is 38.5 Å². The molecule has 1 N–H and O–H groups in total. The molecule has 0 bridgehead atoms. The summed E-state index contributed by atoms with van der Waals surface area (Å²) in [7, 11) is 0. The molecular formula is C31H44N2O3. The number of aryl methyl sites for hydroxylation is 1. The highest BCUT2D eigenvalue weighted by molar-refractivity contribution is 5.95. The van der Waals surface area contributed by atoms with Crippen LogP contribution in [0.5, 0.6) is 0 Å². The summed E-state index contributed by atoms with van der Waals surface area (Å²) in [5, 5.41) is 14.5. The van der Waals surface area contributed by atoms with Crippen LogP contribution >= 0.6 is 0 Å². The molecule has 1 aromatic rings. The minimum Gasteiger partial charge on any atom is -0.481 e. The molecular weight excluding hydrogens is 448 g/mol. The maximum absolute atomic E-state index is 14.2. The number of carboxylic acids is 1. The Morgan fingerprint density at radius 1 is 1.03 bits per heavy atom. The maximum Gasteiger partial charge on any atom is 0.306 e. The quantitative estimate of drug-likeness (QED) is 0.503. The number of carbonyl (C=O) groups is 2. The van der Waals surface area contributed by atoms with Gasteiger partial charge in [0, 0.05) is 12.1 Å². The lowest BCUT2D eigenvalue weighted by atomic mass is 9.38. The summed E-state index contributed by atoms with van der Waals surface area (Å²) < 4.78 is 2.19. The minimum absolute atomic E-state index is 0.0150. The molecule has 0 aromatic carbocycles. The lowest BCUT2D eigenvalue weighted by Gasteiger charge is -2.65. The Hall–Kier alpha value is -1.91. The van der Waals surface area contributed by atoms with E-state index < -0.39 is 5.97 Å². The third-order valence-electron chi connectivity index (χ3n) is 12.4. The van der Waals surface area contributed by atoms with Crippen molar-refractivity contribution in [1.82, 2.24) is 9.78 Å². The fourth-order valence-electron chi connectivity index (χ4n) is 10.6. The zero-order chi connectivity index (χ0) is 25.6. The number of carboxylic acid groups (broad SMARTS) is 1. The molecule has 4 saturated carbocycles. The second kappa shape index (κ2) is 8.04. The molecule has 6 rings (SSSR count). The first kappa shape index (κ1) is 24.4. The molecule has 4 fully saturated rings. The van der Waals surface area contributed by atoms with Crippen LogP contribution in [0.15, 0.2) is 24.0 Å². The Kier molecular flexibility index (Phi) is 5.46. The molecule has 0 saturated heterocycles. The van der Waals surface area contributed by atoms with Crippen LogP contribution in [0.1, 0.15) is 97.1 Å². The number of fused-ring (bicyclic) bond motifs is 7. The van der Waals surface area contributed by atoms with Gasteiger partial charge in [0.25, 0.3) is 0 Å². The molecule has 10 unspecified atom stereocenters. The number of aromatic nitrogens is 2. The van der Waals surface area contributed by atoms with Crippen molar-refractivity contribution >= 4 is 11.8 Å². The van der Waals surface area contributed by atoms with Gasteiger partial charge in [-0.3, -0.25) is 14.3 Å². The molecule has 5 aliphatic rings. The smallest absolute Gasteiger partial charge is 0.306 e. The van der Waals surface area contributed by atoms with Gasteiger partial charge in [0.2, 0.25) is 0 Å². The van der Waals surface area contributed by atoms with E-state index in [1.165, 1.54) is 24.0 Å². The number of ketones is 1. The average Bonchev–Trinajstić information content (AvgIpc) is 3.23. The van der Waals surface area contributed by atoms with Gasteiger partial charge in [-0.25, -0.2) is 0 Å². The molecule has 1 heterocycles. The highest BCUT2D eigenvalue weighted by Gasteiger charge is 2.65. The fourth-order valence-corrected chi connectivity index (χ4v) is 10.6. The van der Waals surface area contributed by atoms with Crippen LogP contribution in [0, 0.1) is 58.7 Å². The molecule has 0 radical (unpaired) electrons. The number of nitrogens with zero attached hydrogens (tertiary/aromatic N) is 2. The second-order valence-electron chi connectivity index (χ2n) is 14.2. The molecule has 0 aliphatic heterocycles. The summed E-state index contributed by atoms with van der Waals surface area (Å²) in [5.41, 5.74) is 2.69. The predicted octanol–water partition coefficient (Wildman–Crippen LogP) is 6.63. The van der Waals surface area contributed by atoms with Gasteiger partial charge in [-0.1, -0.05) is 33.3 Å². The lowest BCUT2D eigenvalue weighted by Crippen LogP contribution is -2.61. The van der Waals surface area contributed by atoms with Crippen molar-refractivity contribution in [3.05, 3.63) is 29.6 Å². The van der Waals surface area contributed by atoms with Gasteiger partial charge < -0.3 is 5.11 Å². The van der Waals surface area contributed by atoms with Gasteiger partial charge in [-0.15, -0.1) is 0 Å². The second-order valence-corrected chi connectivity index (χ2v) is 14.2. The summed E-state index contributed by atoms with van der Waals surface area (Å²) in [6.45, 7) is 11.7. The zero-order valence-electron chi connectivity index (χ0n) is 22.8. The van der Waals surface area contributed by atoms with E-state index in [4.69, 9.17) is 0 Å². The number of hydrogen-bond donors (Lipinski definition) is 1. The SMILES string of the molecule is Cc1cnn(C2CCC3(C)C(CCC4(C)C5CCC6(C)CCC(C(=O)O)CC6C5=CC(=O)C43)C2C)c1. The Morgan fingerprint density at radius 3 is 2.44 bits per heavy atom. The molecule has 196 valence electrons. The molecule has 0 amide bonds. The van der Waals surface area contributed by atoms with Crippen LogP contribution in [-0.2, 0) is 9.59 Å². The Morgan fingerprint density at radius 2 is 1.75 bits per heavy atom. The molecule has 0 spiro atoms. The van der Waals surface area contributed by atoms with E-state index in [9.17, 15) is 14.7 Å². The molecule has 5 heteroatoms. The molecule has 10 atom stereocenters. The normalized spacial score (nSPS) is 48.2. The lowest BCUT2D eigenvalue weighted by molar-refractivity contribution is -0.163. The summed E-state index contributed by atoms with van der Waals surface area (Å²) >= 11 is 0. The van der Waals surface area contributed by atoms with Gasteiger partial charge in [0.05, 0.1) is 18.2 Å². The molecule has 36 heavy (non-hydrogen) atoms. The fraction of sp³-hybridized carbons (Fsp3) is 0.774. The number of hydrogen-bond acceptors (Lipinski definition) is 3. The highest BCUT2D eigenvalue weighted by atomic mass is 16.4. The number of carbonyl (C=O) groups excluding carboxylic acids is 1. The van der Waals surface area contributed by atoms with Gasteiger partial charge in [-0.2, -0.15) is 5.10 Å². The number of aliphatic carboxylic acids is 1. The van der Waals surface area contributed by atoms with Crippen molar-refractivity contribution in [1.29, 1.82) is 0 Å². The predicted molar refractivity (Wildman–Crippen MR) is 139 cm³/mol. The van der Waals surface area contributed by atoms with Crippen molar-refractivity contribution in [2.24, 2.45) is 51.8 Å². The van der Waals surface area contributed by atoms with Crippen LogP contribution in [0.25, 0.3) is 0 Å². The summed E-state index contributed by atoms with van der Waals surface area (Å²) in [6.07, 6.45) is 15.4. The monoisotopic (exact) mass is 492 g/mol. The third kappa shape index (κ3) is 3.29. The van der Waals surface area contributed by atoms with Crippen molar-refractivity contribution in [3.63, 3.8) is 0 Å². The largest absolute Gasteiger partial charge is 0.481 e. The van der Waals surface area contributed by atoms with Gasteiger partial charge in [-0.05, 0) is 116 Å². The van der Waals surface area contributed by atoms with Gasteiger partial charge in [0.15, 0.2) is 5.78 Å². The average molecular weight is 493 g/mol. The Balaban J connectivity index is 1.35. The van der Waals surface area contributed by atoms with Crippen molar-refractivity contribution in [2.45, 2.75) is 98.4 Å². The maximum atomic E-state index is 14.2. The summed E-state index contributed by atoms with van der Waals surface area (Å²) in [6, 6.07) is 0.413. The first-order valence-corrected chi connectivity index (χ1v) is 14.5. The summed E-state index contributed by atoms with van der Waals surface area (Å²) in [5.74, 6) is 1.19. The summed E-state index contributed by atoms with van der Waals surface area (Å²) in [4.78, 5) is 26.1. The van der Waals surface area contributed by atoms with Crippen LogP contribution < -0.4 is 0 Å². The third-order valence-corrected chi connectivity index (χ3v) is 12.4. The Bertz CT molecular complexity index is 1120. The van der Waals surface area contributed by atoms with E-state index in [2.05, 4.69) is 56.7 Å². The van der Waals surface area contributed by atoms with E-state index in [1.807, 2.05) is 6.20 Å². The van der Waals surface area contributed by atoms with Crippen LogP contribution in [0.2, 0.25) is 0 Å². The number of rotatable bonds is 2. The van der Waals surface area contributed by atoms with Crippen LogP contribution in [-0.4, -0.2) is 26.6 Å². The van der Waals surface area contributed by atoms with E-state index in [-0.39, 0.29) is 34.0 Å². The first-order valence-electron chi connectivity index (χ1n) is 14.5. The molecule has 1 aromatic heterocycles. The number of allylic oxidation sites excluding steroid dienone is 2. The van der Waals surface area contributed by atoms with Crippen molar-refractivity contribution in [2.75, 3.05) is 0 Å². The van der Waals surface area contributed by atoms with E-state index >= 15 is 0 Å². The Labute approximate surface area is 216 Å². The van der Waals surface area contributed by atoms with Crippen LogP contribution in [0.4, 0.5) is 0 Å². The van der Waals surface area contributed by atoms with Crippen molar-refractivity contribution in [3.8, 4) is 0 Å². The van der Waals surface area contributed by atoms with Gasteiger partial charge in [0.1, 0.15) is 0 Å². The molecule has 5 aliphatic carbocycles. The van der Waals surface area contributed by atoms with E-state index in [0.29, 0.717) is 36.0 Å². The van der Waals surface area contributed by atoms with E-state index in [1.54, 1.807) is 0 Å². The zero-order valence-corrected chi connectivity index (χ0v) is 22.8. The minimum atomic E-state index is -0.655. The first-order chi connectivity index (χ1) is 17.0. The topological polar surface area (TPSA) is 72.2 Å². The van der Waals surface area contributed by atoms with Gasteiger partial charge >= 0.3 is 5.97 Å². The van der Waals surface area contributed by atoms with Crippen LogP contribution in [0.3, 0.4) is 0 Å². The molecule has 5 nitrogen and oxygen atoms in total.